The number of likely N-dealkylation sites (tertiary alicyclic amines) is 1. The van der Waals surface area contributed by atoms with Crippen LogP contribution in [0.3, 0.4) is 0 Å². The van der Waals surface area contributed by atoms with Gasteiger partial charge < -0.3 is 5.32 Å². The standard InChI is InChI=1S/C22H32N4O3S/c1-14(2)25-12-17-9-10-18(13-25)26(17)30(28,29)24-22(27)23-21-19-7-3-5-15(19)11-16-6-4-8-20(16)21/h11,14,17-18H,3-10,12-13H2,1-2H3,(H2,23,24,27). The molecule has 2 aliphatic heterocycles. The average Bonchev–Trinajstić information content (AvgIpc) is 3.39. The van der Waals surface area contributed by atoms with Gasteiger partial charge in [0.25, 0.3) is 0 Å². The van der Waals surface area contributed by atoms with E-state index >= 15 is 0 Å². The molecule has 164 valence electrons. The maximum Gasteiger partial charge on any atom is 0.333 e. The lowest BCUT2D eigenvalue weighted by atomic mass is 9.99. The van der Waals surface area contributed by atoms with Crippen molar-refractivity contribution in [1.82, 2.24) is 13.9 Å². The summed E-state index contributed by atoms with van der Waals surface area (Å²) in [5.41, 5.74) is 5.91. The molecule has 2 heterocycles. The van der Waals surface area contributed by atoms with Gasteiger partial charge in [-0.2, -0.15) is 12.7 Å². The number of amides is 2. The summed E-state index contributed by atoms with van der Waals surface area (Å²) >= 11 is 0. The molecule has 8 heteroatoms. The summed E-state index contributed by atoms with van der Waals surface area (Å²) in [6.07, 6.45) is 7.89. The van der Waals surface area contributed by atoms with Crippen LogP contribution < -0.4 is 10.0 Å². The second-order valence-electron chi connectivity index (χ2n) is 9.56. The zero-order valence-corrected chi connectivity index (χ0v) is 18.7. The highest BCUT2D eigenvalue weighted by molar-refractivity contribution is 7.87. The molecule has 2 aliphatic carbocycles. The molecule has 2 bridgehead atoms. The third kappa shape index (κ3) is 3.42. The molecule has 2 fully saturated rings. The van der Waals surface area contributed by atoms with Gasteiger partial charge in [-0.05, 0) is 87.5 Å². The highest BCUT2D eigenvalue weighted by atomic mass is 32.2. The van der Waals surface area contributed by atoms with Gasteiger partial charge in [0.05, 0.1) is 0 Å². The summed E-state index contributed by atoms with van der Waals surface area (Å²) in [5.74, 6) is 0. The average molecular weight is 433 g/mol. The van der Waals surface area contributed by atoms with E-state index in [1.54, 1.807) is 4.31 Å². The molecule has 2 N–H and O–H groups in total. The van der Waals surface area contributed by atoms with Gasteiger partial charge in [-0.1, -0.05) is 6.07 Å². The maximum atomic E-state index is 13.1. The van der Waals surface area contributed by atoms with Gasteiger partial charge in [0.1, 0.15) is 0 Å². The first-order valence-electron chi connectivity index (χ1n) is 11.4. The Labute approximate surface area is 179 Å². The van der Waals surface area contributed by atoms with Crippen LogP contribution in [0.2, 0.25) is 0 Å². The van der Waals surface area contributed by atoms with Crippen LogP contribution >= 0.6 is 0 Å². The number of nitrogens with zero attached hydrogens (tertiary/aromatic N) is 2. The lowest BCUT2D eigenvalue weighted by Crippen LogP contribution is -2.60. The van der Waals surface area contributed by atoms with Crippen molar-refractivity contribution in [2.75, 3.05) is 18.4 Å². The van der Waals surface area contributed by atoms with Crippen molar-refractivity contribution < 1.29 is 13.2 Å². The van der Waals surface area contributed by atoms with Crippen molar-refractivity contribution in [3.63, 3.8) is 0 Å². The van der Waals surface area contributed by atoms with Crippen LogP contribution in [-0.4, -0.2) is 54.9 Å². The van der Waals surface area contributed by atoms with Crippen molar-refractivity contribution in [2.24, 2.45) is 0 Å². The first-order chi connectivity index (χ1) is 14.3. The van der Waals surface area contributed by atoms with Crippen molar-refractivity contribution >= 4 is 21.9 Å². The van der Waals surface area contributed by atoms with E-state index < -0.39 is 16.2 Å². The number of urea groups is 1. The molecule has 0 radical (unpaired) electrons. The van der Waals surface area contributed by atoms with Gasteiger partial charge >= 0.3 is 16.2 Å². The Hall–Kier alpha value is -1.64. The van der Waals surface area contributed by atoms with E-state index in [2.05, 4.69) is 34.9 Å². The highest BCUT2D eigenvalue weighted by Gasteiger charge is 2.47. The van der Waals surface area contributed by atoms with E-state index in [0.717, 1.165) is 70.1 Å². The van der Waals surface area contributed by atoms with Crippen molar-refractivity contribution in [3.05, 3.63) is 28.3 Å². The molecule has 0 aromatic heterocycles. The van der Waals surface area contributed by atoms with Crippen LogP contribution in [0.5, 0.6) is 0 Å². The molecular weight excluding hydrogens is 400 g/mol. The Bertz CT molecular complexity index is 929. The SMILES string of the molecule is CC(C)N1CC2CCC(C1)N2S(=O)(=O)NC(=O)Nc1c2c(cc3c1CCC3)CCC2. The Morgan fingerprint density at radius 2 is 1.57 bits per heavy atom. The minimum Gasteiger partial charge on any atom is -0.307 e. The van der Waals surface area contributed by atoms with Crippen LogP contribution in [0.25, 0.3) is 0 Å². The van der Waals surface area contributed by atoms with Gasteiger partial charge in [0, 0.05) is 36.9 Å². The number of hydrogen-bond donors (Lipinski definition) is 2. The fourth-order valence-electron chi connectivity index (χ4n) is 5.99. The normalized spacial score (nSPS) is 26.1. The predicted molar refractivity (Wildman–Crippen MR) is 117 cm³/mol. The predicted octanol–water partition coefficient (Wildman–Crippen LogP) is 2.59. The van der Waals surface area contributed by atoms with Crippen LogP contribution in [0, 0.1) is 0 Å². The second kappa shape index (κ2) is 7.50. The van der Waals surface area contributed by atoms with Crippen LogP contribution in [0.4, 0.5) is 10.5 Å². The number of aryl methyl sites for hydroxylation is 2. The number of piperazine rings is 1. The van der Waals surface area contributed by atoms with E-state index in [1.807, 2.05) is 0 Å². The van der Waals surface area contributed by atoms with Gasteiger partial charge in [-0.25, -0.2) is 9.52 Å². The summed E-state index contributed by atoms with van der Waals surface area (Å²) in [4.78, 5) is 15.2. The second-order valence-corrected chi connectivity index (χ2v) is 11.1. The molecule has 2 saturated heterocycles. The van der Waals surface area contributed by atoms with Crippen molar-refractivity contribution in [2.45, 2.75) is 83.3 Å². The number of fused-ring (bicyclic) bond motifs is 4. The number of benzene rings is 1. The smallest absolute Gasteiger partial charge is 0.307 e. The van der Waals surface area contributed by atoms with E-state index in [4.69, 9.17) is 0 Å². The molecule has 1 aromatic carbocycles. The zero-order chi connectivity index (χ0) is 21.0. The lowest BCUT2D eigenvalue weighted by molar-refractivity contribution is 0.102. The van der Waals surface area contributed by atoms with Crippen LogP contribution in [0.1, 0.15) is 61.8 Å². The largest absolute Gasteiger partial charge is 0.333 e. The Balaban J connectivity index is 1.33. The van der Waals surface area contributed by atoms with Gasteiger partial charge in [-0.15, -0.1) is 0 Å². The molecule has 0 spiro atoms. The zero-order valence-electron chi connectivity index (χ0n) is 17.9. The molecule has 1 aromatic rings. The fourth-order valence-corrected chi connectivity index (χ4v) is 7.51. The van der Waals surface area contributed by atoms with E-state index in [-0.39, 0.29) is 12.1 Å². The van der Waals surface area contributed by atoms with Crippen LogP contribution in [0.15, 0.2) is 6.07 Å². The molecular formula is C22H32N4O3S. The van der Waals surface area contributed by atoms with Crippen molar-refractivity contribution in [3.8, 4) is 0 Å². The Morgan fingerprint density at radius 1 is 1.00 bits per heavy atom. The summed E-state index contributed by atoms with van der Waals surface area (Å²) in [6.45, 7) is 5.75. The van der Waals surface area contributed by atoms with Crippen molar-refractivity contribution in [1.29, 1.82) is 0 Å². The number of hydrogen-bond acceptors (Lipinski definition) is 4. The van der Waals surface area contributed by atoms with E-state index in [1.165, 1.54) is 22.3 Å². The first-order valence-corrected chi connectivity index (χ1v) is 12.8. The number of rotatable bonds is 4. The molecule has 2 unspecified atom stereocenters. The first kappa shape index (κ1) is 20.3. The quantitative estimate of drug-likeness (QED) is 0.766. The molecule has 4 aliphatic rings. The molecule has 2 amide bonds. The lowest BCUT2D eigenvalue weighted by Gasteiger charge is -2.41. The number of carbonyl (C=O) groups excluding carboxylic acids is 1. The maximum absolute atomic E-state index is 13.1. The molecule has 7 nitrogen and oxygen atoms in total. The minimum absolute atomic E-state index is 0.0540. The molecule has 0 saturated carbocycles. The summed E-state index contributed by atoms with van der Waals surface area (Å²) in [6, 6.07) is 1.96. The monoisotopic (exact) mass is 432 g/mol. The fraction of sp³-hybridized carbons (Fsp3) is 0.682. The highest BCUT2D eigenvalue weighted by Crippen LogP contribution is 2.39. The van der Waals surface area contributed by atoms with Gasteiger partial charge in [-0.3, -0.25) is 4.90 Å². The summed E-state index contributed by atoms with van der Waals surface area (Å²) < 4.78 is 30.1. The molecule has 5 rings (SSSR count). The third-order valence-electron chi connectivity index (χ3n) is 7.38. The number of carbonyl (C=O) groups is 1. The molecule has 2 atom stereocenters. The Morgan fingerprint density at radius 3 is 2.10 bits per heavy atom. The topological polar surface area (TPSA) is 81.8 Å². The van der Waals surface area contributed by atoms with Crippen LogP contribution in [-0.2, 0) is 35.9 Å². The summed E-state index contributed by atoms with van der Waals surface area (Å²) in [5, 5.41) is 2.95. The number of anilines is 1. The van der Waals surface area contributed by atoms with E-state index in [0.29, 0.717) is 6.04 Å². The third-order valence-corrected chi connectivity index (χ3v) is 8.98. The van der Waals surface area contributed by atoms with E-state index in [9.17, 15) is 13.2 Å². The minimum atomic E-state index is -3.87. The van der Waals surface area contributed by atoms with Gasteiger partial charge in [0.15, 0.2) is 0 Å². The van der Waals surface area contributed by atoms with Gasteiger partial charge in [0.2, 0.25) is 0 Å². The molecule has 30 heavy (non-hydrogen) atoms. The Kier molecular flexibility index (Phi) is 5.07. The summed E-state index contributed by atoms with van der Waals surface area (Å²) in [7, 11) is -3.87. The number of nitrogens with one attached hydrogen (secondary N) is 2.